The zero-order chi connectivity index (χ0) is 11.8. The van der Waals surface area contributed by atoms with Crippen molar-refractivity contribution >= 4 is 0 Å². The van der Waals surface area contributed by atoms with Crippen LogP contribution in [0.1, 0.15) is 30.6 Å². The van der Waals surface area contributed by atoms with Gasteiger partial charge in [0.25, 0.3) is 0 Å². The fourth-order valence-electron chi connectivity index (χ4n) is 2.87. The standard InChI is InChI=1S/C14H19NO2/c1-3-10-8-17-14-12-7-11(16-2)5-4-9(12)6-13(14)15-10/h4-5,7,10,13-15H,3,6,8H2,1-2H3. The third-order valence-electron chi connectivity index (χ3n) is 3.88. The van der Waals surface area contributed by atoms with E-state index in [2.05, 4.69) is 24.4 Å². The number of morpholine rings is 1. The van der Waals surface area contributed by atoms with Gasteiger partial charge in [-0.2, -0.15) is 0 Å². The lowest BCUT2D eigenvalue weighted by molar-refractivity contribution is -0.0218. The monoisotopic (exact) mass is 233 g/mol. The van der Waals surface area contributed by atoms with Crippen LogP contribution in [0.3, 0.4) is 0 Å². The molecule has 0 spiro atoms. The molecule has 2 aliphatic rings. The van der Waals surface area contributed by atoms with E-state index >= 15 is 0 Å². The summed E-state index contributed by atoms with van der Waals surface area (Å²) in [7, 11) is 1.71. The quantitative estimate of drug-likeness (QED) is 0.848. The Hall–Kier alpha value is -1.06. The highest BCUT2D eigenvalue weighted by molar-refractivity contribution is 5.42. The van der Waals surface area contributed by atoms with Crippen molar-refractivity contribution in [2.24, 2.45) is 0 Å². The van der Waals surface area contributed by atoms with Crippen LogP contribution in [-0.2, 0) is 11.2 Å². The molecule has 1 heterocycles. The number of benzene rings is 1. The van der Waals surface area contributed by atoms with Crippen LogP contribution in [0.2, 0.25) is 0 Å². The maximum Gasteiger partial charge on any atom is 0.119 e. The Morgan fingerprint density at radius 2 is 2.35 bits per heavy atom. The van der Waals surface area contributed by atoms with Crippen molar-refractivity contribution < 1.29 is 9.47 Å². The lowest BCUT2D eigenvalue weighted by Gasteiger charge is -2.33. The van der Waals surface area contributed by atoms with Crippen molar-refractivity contribution in [3.05, 3.63) is 29.3 Å². The van der Waals surface area contributed by atoms with E-state index in [-0.39, 0.29) is 6.10 Å². The van der Waals surface area contributed by atoms with Gasteiger partial charge in [-0.3, -0.25) is 0 Å². The SMILES string of the molecule is CCC1COC2c3cc(OC)ccc3CC2N1. The Labute approximate surface area is 102 Å². The number of fused-ring (bicyclic) bond motifs is 3. The second-order valence-electron chi connectivity index (χ2n) is 4.90. The van der Waals surface area contributed by atoms with Crippen LogP contribution >= 0.6 is 0 Å². The first-order chi connectivity index (χ1) is 8.31. The van der Waals surface area contributed by atoms with Crippen molar-refractivity contribution in [3.8, 4) is 5.75 Å². The van der Waals surface area contributed by atoms with Crippen molar-refractivity contribution in [2.45, 2.75) is 38.0 Å². The molecule has 92 valence electrons. The predicted octanol–water partition coefficient (Wildman–Crippen LogP) is 2.06. The summed E-state index contributed by atoms with van der Waals surface area (Å²) in [4.78, 5) is 0. The molecule has 1 aromatic rings. The van der Waals surface area contributed by atoms with E-state index in [1.54, 1.807) is 7.11 Å². The van der Waals surface area contributed by atoms with Crippen LogP contribution in [0.5, 0.6) is 5.75 Å². The summed E-state index contributed by atoms with van der Waals surface area (Å²) in [5.74, 6) is 0.922. The van der Waals surface area contributed by atoms with E-state index in [0.717, 1.165) is 25.2 Å². The molecule has 3 nitrogen and oxygen atoms in total. The van der Waals surface area contributed by atoms with Gasteiger partial charge >= 0.3 is 0 Å². The van der Waals surface area contributed by atoms with Crippen molar-refractivity contribution in [1.82, 2.24) is 5.32 Å². The molecular weight excluding hydrogens is 214 g/mol. The maximum atomic E-state index is 6.01. The van der Waals surface area contributed by atoms with Gasteiger partial charge in [-0.05, 0) is 36.1 Å². The lowest BCUT2D eigenvalue weighted by Crippen LogP contribution is -2.48. The fraction of sp³-hybridized carbons (Fsp3) is 0.571. The van der Waals surface area contributed by atoms with E-state index in [0.29, 0.717) is 12.1 Å². The normalized spacial score (nSPS) is 30.8. The third-order valence-corrected chi connectivity index (χ3v) is 3.88. The third kappa shape index (κ3) is 1.83. The van der Waals surface area contributed by atoms with Gasteiger partial charge in [0.15, 0.2) is 0 Å². The van der Waals surface area contributed by atoms with Gasteiger partial charge in [0, 0.05) is 12.1 Å². The van der Waals surface area contributed by atoms with E-state index in [1.165, 1.54) is 11.1 Å². The molecule has 0 aromatic heterocycles. The number of hydrogen-bond acceptors (Lipinski definition) is 3. The predicted molar refractivity (Wildman–Crippen MR) is 66.4 cm³/mol. The highest BCUT2D eigenvalue weighted by atomic mass is 16.5. The summed E-state index contributed by atoms with van der Waals surface area (Å²) in [5.41, 5.74) is 2.70. The van der Waals surface area contributed by atoms with Gasteiger partial charge in [-0.15, -0.1) is 0 Å². The van der Waals surface area contributed by atoms with Crippen LogP contribution in [0.4, 0.5) is 0 Å². The molecule has 1 N–H and O–H groups in total. The summed E-state index contributed by atoms with van der Waals surface area (Å²) >= 11 is 0. The molecule has 1 fully saturated rings. The van der Waals surface area contributed by atoms with Gasteiger partial charge in [0.2, 0.25) is 0 Å². The molecule has 0 saturated carbocycles. The highest BCUT2D eigenvalue weighted by Gasteiger charge is 2.37. The molecular formula is C14H19NO2. The summed E-state index contributed by atoms with van der Waals surface area (Å²) in [6, 6.07) is 7.27. The van der Waals surface area contributed by atoms with E-state index < -0.39 is 0 Å². The average molecular weight is 233 g/mol. The second-order valence-corrected chi connectivity index (χ2v) is 4.90. The molecule has 1 saturated heterocycles. The number of ether oxygens (including phenoxy) is 2. The minimum Gasteiger partial charge on any atom is -0.497 e. The van der Waals surface area contributed by atoms with Crippen molar-refractivity contribution in [1.29, 1.82) is 0 Å². The molecule has 17 heavy (non-hydrogen) atoms. The minimum absolute atomic E-state index is 0.211. The molecule has 3 unspecified atom stereocenters. The highest BCUT2D eigenvalue weighted by Crippen LogP contribution is 2.38. The fourth-order valence-corrected chi connectivity index (χ4v) is 2.87. The zero-order valence-corrected chi connectivity index (χ0v) is 10.4. The topological polar surface area (TPSA) is 30.5 Å². The molecule has 0 bridgehead atoms. The Morgan fingerprint density at radius 1 is 1.47 bits per heavy atom. The zero-order valence-electron chi connectivity index (χ0n) is 10.4. The number of nitrogens with one attached hydrogen (secondary N) is 1. The summed E-state index contributed by atoms with van der Waals surface area (Å²) in [6.45, 7) is 3.01. The van der Waals surface area contributed by atoms with Crippen LogP contribution in [0.25, 0.3) is 0 Å². The minimum atomic E-state index is 0.211. The van der Waals surface area contributed by atoms with Gasteiger partial charge in [0.1, 0.15) is 5.75 Å². The van der Waals surface area contributed by atoms with Gasteiger partial charge in [0.05, 0.1) is 19.8 Å². The van der Waals surface area contributed by atoms with Gasteiger partial charge in [-0.25, -0.2) is 0 Å². The van der Waals surface area contributed by atoms with E-state index in [1.807, 2.05) is 6.07 Å². The van der Waals surface area contributed by atoms with Gasteiger partial charge < -0.3 is 14.8 Å². The summed E-state index contributed by atoms with van der Waals surface area (Å²) < 4.78 is 11.3. The summed E-state index contributed by atoms with van der Waals surface area (Å²) in [6.07, 6.45) is 2.41. The van der Waals surface area contributed by atoms with Crippen LogP contribution in [0, 0.1) is 0 Å². The molecule has 3 atom stereocenters. The maximum absolute atomic E-state index is 6.01. The van der Waals surface area contributed by atoms with Crippen LogP contribution in [0.15, 0.2) is 18.2 Å². The van der Waals surface area contributed by atoms with Crippen molar-refractivity contribution in [3.63, 3.8) is 0 Å². The van der Waals surface area contributed by atoms with Crippen LogP contribution < -0.4 is 10.1 Å². The Morgan fingerprint density at radius 3 is 3.12 bits per heavy atom. The molecule has 3 rings (SSSR count). The van der Waals surface area contributed by atoms with Crippen molar-refractivity contribution in [2.75, 3.05) is 13.7 Å². The molecule has 1 aromatic carbocycles. The number of rotatable bonds is 2. The first kappa shape index (κ1) is 11.1. The smallest absolute Gasteiger partial charge is 0.119 e. The van der Waals surface area contributed by atoms with E-state index in [4.69, 9.17) is 9.47 Å². The van der Waals surface area contributed by atoms with E-state index in [9.17, 15) is 0 Å². The average Bonchev–Trinajstić information content (AvgIpc) is 2.74. The molecule has 3 heteroatoms. The molecule has 0 amide bonds. The second kappa shape index (κ2) is 4.31. The summed E-state index contributed by atoms with van der Waals surface area (Å²) in [5, 5.41) is 3.68. The largest absolute Gasteiger partial charge is 0.497 e. The molecule has 1 aliphatic heterocycles. The Bertz CT molecular complexity index is 419. The Balaban J connectivity index is 1.86. The van der Waals surface area contributed by atoms with Crippen LogP contribution in [-0.4, -0.2) is 25.8 Å². The number of methoxy groups -OCH3 is 1. The molecule has 0 radical (unpaired) electrons. The lowest BCUT2D eigenvalue weighted by atomic mass is 10.1. The molecule has 1 aliphatic carbocycles. The first-order valence-corrected chi connectivity index (χ1v) is 6.36. The first-order valence-electron chi connectivity index (χ1n) is 6.36. The Kier molecular flexibility index (Phi) is 2.81. The van der Waals surface area contributed by atoms with Gasteiger partial charge in [-0.1, -0.05) is 13.0 Å². The number of hydrogen-bond donors (Lipinski definition) is 1.